The van der Waals surface area contributed by atoms with Crippen LogP contribution in [0.5, 0.6) is 0 Å². The number of hydrogen-bond donors (Lipinski definition) is 6. The first-order chi connectivity index (χ1) is 19.5. The number of carbonyl (C=O) groups is 4. The predicted octanol–water partition coefficient (Wildman–Crippen LogP) is -0.831. The molecule has 220 valence electrons. The van der Waals surface area contributed by atoms with Crippen molar-refractivity contribution in [3.05, 3.63) is 33.4 Å². The summed E-state index contributed by atoms with van der Waals surface area (Å²) in [6.07, 6.45) is 0.916. The van der Waals surface area contributed by atoms with Crippen molar-refractivity contribution in [3.8, 4) is 0 Å². The number of oxime groups is 1. The Morgan fingerprint density at radius 2 is 2.07 bits per heavy atom. The van der Waals surface area contributed by atoms with Crippen molar-refractivity contribution in [2.45, 2.75) is 30.9 Å². The van der Waals surface area contributed by atoms with Crippen LogP contribution in [0.15, 0.2) is 37.9 Å². The first kappa shape index (κ1) is 30.2. The van der Waals surface area contributed by atoms with E-state index >= 15 is 0 Å². The summed E-state index contributed by atoms with van der Waals surface area (Å²) in [4.78, 5) is 65.3. The molecule has 1 aromatic rings. The zero-order valence-electron chi connectivity index (χ0n) is 21.6. The van der Waals surface area contributed by atoms with Gasteiger partial charge in [0.2, 0.25) is 0 Å². The van der Waals surface area contributed by atoms with Crippen molar-refractivity contribution >= 4 is 75.4 Å². The number of aliphatic carboxylic acids is 2. The van der Waals surface area contributed by atoms with E-state index in [0.717, 1.165) is 16.2 Å². The van der Waals surface area contributed by atoms with Gasteiger partial charge in [-0.25, -0.2) is 14.8 Å². The number of nitrogens with zero attached hydrogens (tertiary/aromatic N) is 5. The number of amides is 2. The summed E-state index contributed by atoms with van der Waals surface area (Å²) in [5.41, 5.74) is 17.9. The minimum atomic E-state index is -1.27. The lowest BCUT2D eigenvalue weighted by molar-refractivity contribution is -0.150. The largest absolute Gasteiger partial charge is 0.481 e. The van der Waals surface area contributed by atoms with Crippen molar-refractivity contribution in [1.82, 2.24) is 20.1 Å². The predicted molar refractivity (Wildman–Crippen MR) is 153 cm³/mol. The third-order valence-electron chi connectivity index (χ3n) is 6.01. The zero-order valence-corrected chi connectivity index (χ0v) is 24.0. The number of likely N-dealkylation sites (N-methyl/N-ethyl adjacent to an activating group) is 1. The van der Waals surface area contributed by atoms with Gasteiger partial charge in [0, 0.05) is 23.4 Å². The van der Waals surface area contributed by atoms with E-state index in [2.05, 4.69) is 20.4 Å². The number of rotatable bonds is 12. The smallest absolute Gasteiger partial charge is 0.352 e. The number of anilines is 1. The van der Waals surface area contributed by atoms with Crippen LogP contribution in [0.1, 0.15) is 19.0 Å². The number of guanidine groups is 1. The van der Waals surface area contributed by atoms with Crippen LogP contribution in [0.25, 0.3) is 0 Å². The number of carbonyl (C=O) groups excluding carboxylic acids is 2. The van der Waals surface area contributed by atoms with Gasteiger partial charge in [0.25, 0.3) is 11.8 Å². The topological polar surface area (TPSA) is 252 Å². The lowest BCUT2D eigenvalue weighted by atomic mass is 10.0. The van der Waals surface area contributed by atoms with Crippen LogP contribution in [-0.4, -0.2) is 103 Å². The highest BCUT2D eigenvalue weighted by Gasteiger charge is 2.54. The molecular formula is C22H27N9O7S3. The van der Waals surface area contributed by atoms with Crippen LogP contribution < -0.4 is 22.5 Å². The van der Waals surface area contributed by atoms with Gasteiger partial charge in [-0.1, -0.05) is 5.16 Å². The molecule has 19 heteroatoms. The quantitative estimate of drug-likeness (QED) is 0.0718. The molecule has 16 nitrogen and oxygen atoms in total. The van der Waals surface area contributed by atoms with Crippen molar-refractivity contribution in [2.24, 2.45) is 21.6 Å². The normalized spacial score (nSPS) is 22.4. The maximum atomic E-state index is 13.1. The van der Waals surface area contributed by atoms with Crippen LogP contribution in [0.4, 0.5) is 5.13 Å². The molecule has 2 amide bonds. The van der Waals surface area contributed by atoms with Crippen molar-refractivity contribution < 1.29 is 34.2 Å². The minimum Gasteiger partial charge on any atom is -0.481 e. The lowest BCUT2D eigenvalue weighted by Gasteiger charge is -2.49. The average molecular weight is 626 g/mol. The van der Waals surface area contributed by atoms with Gasteiger partial charge in [0.1, 0.15) is 35.6 Å². The number of thiazole rings is 1. The SMILES string of the molecule is CCN1C(N)=NC(SCC2=C(C(=O)O)N3C(=O)[C@@H](NC(=O)/C(=N\OCCC(=O)O)c4csc(N)n4)[C@H]3SC2)=C[C@@H]1N. The number of aliphatic imine (C=N–C) groups is 1. The average Bonchev–Trinajstić information content (AvgIpc) is 3.34. The molecular weight excluding hydrogens is 598 g/mol. The molecule has 0 saturated carbocycles. The van der Waals surface area contributed by atoms with Gasteiger partial charge in [0.05, 0.1) is 11.4 Å². The van der Waals surface area contributed by atoms with Crippen LogP contribution in [-0.2, 0) is 24.0 Å². The van der Waals surface area contributed by atoms with E-state index in [0.29, 0.717) is 17.1 Å². The molecule has 1 aromatic heterocycles. The van der Waals surface area contributed by atoms with Gasteiger partial charge in [-0.15, -0.1) is 34.9 Å². The molecule has 3 aliphatic rings. The third-order valence-corrected chi connectivity index (χ3v) is 9.04. The molecule has 9 N–H and O–H groups in total. The molecule has 0 aromatic carbocycles. The summed E-state index contributed by atoms with van der Waals surface area (Å²) < 4.78 is 0. The molecule has 4 rings (SSSR count). The summed E-state index contributed by atoms with van der Waals surface area (Å²) in [6.45, 7) is 2.17. The Hall–Kier alpha value is -3.81. The number of carboxylic acid groups (broad SMARTS) is 2. The second kappa shape index (κ2) is 12.8. The Balaban J connectivity index is 1.46. The standard InChI is InChI=1S/C22H27N9O7S3/c1-2-30-11(23)5-12(27-21(30)24)39-6-9-7-40-19-15(18(35)31(19)16(9)20(36)37)28-17(34)14(10-8-41-22(25)26-10)29-38-4-3-13(32)33/h5,8,11,15,19H,2-4,6-7,23H2,1H3,(H2,24,27)(H2,25,26)(H,28,34)(H,32,33)(H,36,37)/b29-14-/t11-,15-,19-/m1/s1. The van der Waals surface area contributed by atoms with Gasteiger partial charge >= 0.3 is 11.9 Å². The molecule has 0 radical (unpaired) electrons. The highest BCUT2D eigenvalue weighted by molar-refractivity contribution is 8.03. The second-order valence-electron chi connectivity index (χ2n) is 8.65. The lowest BCUT2D eigenvalue weighted by Crippen LogP contribution is -2.71. The van der Waals surface area contributed by atoms with E-state index < -0.39 is 41.3 Å². The van der Waals surface area contributed by atoms with E-state index in [4.69, 9.17) is 27.1 Å². The number of hydrogen-bond acceptors (Lipinski definition) is 15. The van der Waals surface area contributed by atoms with E-state index in [9.17, 15) is 24.3 Å². The van der Waals surface area contributed by atoms with Crippen LogP contribution >= 0.6 is 34.9 Å². The van der Waals surface area contributed by atoms with Crippen LogP contribution in [0.3, 0.4) is 0 Å². The Morgan fingerprint density at radius 1 is 1.32 bits per heavy atom. The number of thioether (sulfide) groups is 2. The van der Waals surface area contributed by atoms with Crippen molar-refractivity contribution in [1.29, 1.82) is 0 Å². The van der Waals surface area contributed by atoms with Gasteiger partial charge in [-0.05, 0) is 18.6 Å². The highest BCUT2D eigenvalue weighted by Crippen LogP contribution is 2.41. The summed E-state index contributed by atoms with van der Waals surface area (Å²) in [6, 6.07) is -1.04. The molecule has 1 saturated heterocycles. The molecule has 0 unspecified atom stereocenters. The Morgan fingerprint density at radius 3 is 2.68 bits per heavy atom. The fraction of sp³-hybridized carbons (Fsp3) is 0.409. The fourth-order valence-corrected chi connectivity index (χ4v) is 7.04. The number of β-lactam (4-membered cyclic amide) rings is 1. The fourth-order valence-electron chi connectivity index (χ4n) is 4.07. The number of carboxylic acids is 2. The highest BCUT2D eigenvalue weighted by atomic mass is 32.2. The van der Waals surface area contributed by atoms with Crippen LogP contribution in [0.2, 0.25) is 0 Å². The number of nitrogens with one attached hydrogen (secondary N) is 1. The Bertz CT molecular complexity index is 1380. The monoisotopic (exact) mass is 625 g/mol. The molecule has 1 fully saturated rings. The molecule has 0 spiro atoms. The molecule has 0 aliphatic carbocycles. The minimum absolute atomic E-state index is 0.0766. The van der Waals surface area contributed by atoms with E-state index in [1.54, 1.807) is 11.0 Å². The van der Waals surface area contributed by atoms with E-state index in [-0.39, 0.29) is 52.7 Å². The molecule has 3 atom stereocenters. The second-order valence-corrected chi connectivity index (χ2v) is 11.6. The van der Waals surface area contributed by atoms with Gasteiger partial charge in [-0.2, -0.15) is 0 Å². The summed E-state index contributed by atoms with van der Waals surface area (Å²) in [5, 5.41) is 26.5. The number of nitrogen functional groups attached to an aromatic ring is 1. The number of fused-ring (bicyclic) bond motifs is 1. The Labute approximate surface area is 245 Å². The first-order valence-corrected chi connectivity index (χ1v) is 15.0. The Kier molecular flexibility index (Phi) is 9.41. The van der Waals surface area contributed by atoms with E-state index in [1.165, 1.54) is 28.9 Å². The molecule has 0 bridgehead atoms. The zero-order chi connectivity index (χ0) is 29.8. The van der Waals surface area contributed by atoms with Crippen molar-refractivity contribution in [3.63, 3.8) is 0 Å². The maximum absolute atomic E-state index is 13.1. The molecule has 41 heavy (non-hydrogen) atoms. The first-order valence-electron chi connectivity index (χ1n) is 12.1. The number of aromatic nitrogens is 1. The number of nitrogens with two attached hydrogens (primary N) is 3. The summed E-state index contributed by atoms with van der Waals surface area (Å²) in [7, 11) is 0. The summed E-state index contributed by atoms with van der Waals surface area (Å²) >= 11 is 3.61. The van der Waals surface area contributed by atoms with E-state index in [1.807, 2.05) is 6.92 Å². The van der Waals surface area contributed by atoms with Gasteiger partial charge < -0.3 is 42.5 Å². The maximum Gasteiger partial charge on any atom is 0.352 e. The molecule has 4 heterocycles. The van der Waals surface area contributed by atoms with Gasteiger partial charge in [0.15, 0.2) is 16.8 Å². The third kappa shape index (κ3) is 6.58. The van der Waals surface area contributed by atoms with Crippen molar-refractivity contribution in [2.75, 3.05) is 30.4 Å². The van der Waals surface area contributed by atoms with Gasteiger partial charge in [-0.3, -0.25) is 19.3 Å². The van der Waals surface area contributed by atoms with Crippen LogP contribution in [0, 0.1) is 0 Å². The summed E-state index contributed by atoms with van der Waals surface area (Å²) in [5.74, 6) is -3.02. The molecule has 3 aliphatic heterocycles.